The van der Waals surface area contributed by atoms with Crippen molar-refractivity contribution in [2.45, 2.75) is 39.0 Å². The predicted octanol–water partition coefficient (Wildman–Crippen LogP) is 4.16. The number of rotatable bonds is 6. The smallest absolute Gasteiger partial charge is 0.411 e. The minimum absolute atomic E-state index is 0.145. The Balaban J connectivity index is 2.46. The highest BCUT2D eigenvalue weighted by Crippen LogP contribution is 2.27. The Bertz CT molecular complexity index is 860. The van der Waals surface area contributed by atoms with E-state index in [1.807, 2.05) is 0 Å². The number of hydrogen-bond acceptors (Lipinski definition) is 5. The molecule has 0 aromatic heterocycles. The second-order valence-electron chi connectivity index (χ2n) is 7.19. The van der Waals surface area contributed by atoms with Crippen molar-refractivity contribution in [2.24, 2.45) is 0 Å². The normalized spacial score (nSPS) is 12.1. The zero-order chi connectivity index (χ0) is 20.9. The molecule has 1 amide bonds. The lowest BCUT2D eigenvalue weighted by molar-refractivity contribution is -0.384. The molecule has 1 atom stereocenters. The van der Waals surface area contributed by atoms with Gasteiger partial charge in [0.2, 0.25) is 0 Å². The number of carboxylic acids is 1. The molecule has 2 aromatic carbocycles. The highest BCUT2D eigenvalue weighted by atomic mass is 16.6. The average molecular weight is 386 g/mol. The summed E-state index contributed by atoms with van der Waals surface area (Å²) in [5.41, 5.74) is -0.167. The molecule has 0 heterocycles. The Hall–Kier alpha value is -3.42. The van der Waals surface area contributed by atoms with Gasteiger partial charge in [0.15, 0.2) is 6.04 Å². The van der Waals surface area contributed by atoms with E-state index >= 15 is 0 Å². The second kappa shape index (κ2) is 8.51. The Morgan fingerprint density at radius 3 is 2.32 bits per heavy atom. The van der Waals surface area contributed by atoms with Gasteiger partial charge in [0.1, 0.15) is 5.60 Å². The maximum absolute atomic E-state index is 12.8. The van der Waals surface area contributed by atoms with Gasteiger partial charge in [-0.25, -0.2) is 9.59 Å². The number of ether oxygens (including phenoxy) is 1. The van der Waals surface area contributed by atoms with E-state index < -0.39 is 28.6 Å². The summed E-state index contributed by atoms with van der Waals surface area (Å²) in [4.78, 5) is 36.4. The molecule has 2 aromatic rings. The monoisotopic (exact) mass is 386 g/mol. The van der Waals surface area contributed by atoms with Crippen molar-refractivity contribution < 1.29 is 24.4 Å². The maximum Gasteiger partial charge on any atom is 0.411 e. The van der Waals surface area contributed by atoms with Crippen molar-refractivity contribution in [3.63, 3.8) is 0 Å². The lowest BCUT2D eigenvalue weighted by Gasteiger charge is -2.31. The third-order valence-electron chi connectivity index (χ3n) is 3.76. The first-order valence-corrected chi connectivity index (χ1v) is 8.59. The molecule has 8 heteroatoms. The molecule has 2 rings (SSSR count). The molecule has 0 spiro atoms. The van der Waals surface area contributed by atoms with E-state index in [0.717, 1.165) is 4.90 Å². The zero-order valence-electron chi connectivity index (χ0n) is 15.9. The van der Waals surface area contributed by atoms with Gasteiger partial charge in [-0.1, -0.05) is 42.5 Å². The van der Waals surface area contributed by atoms with Crippen LogP contribution in [0.5, 0.6) is 0 Å². The van der Waals surface area contributed by atoms with Gasteiger partial charge in [-0.2, -0.15) is 0 Å². The molecule has 0 saturated heterocycles. The summed E-state index contributed by atoms with van der Waals surface area (Å²) in [6.45, 7) is 4.86. The molecule has 8 nitrogen and oxygen atoms in total. The van der Waals surface area contributed by atoms with Crippen LogP contribution in [0.4, 0.5) is 10.5 Å². The molecule has 0 bridgehead atoms. The van der Waals surface area contributed by atoms with Crippen LogP contribution in [0.1, 0.15) is 37.9 Å². The van der Waals surface area contributed by atoms with Crippen LogP contribution in [0.3, 0.4) is 0 Å². The molecule has 1 unspecified atom stereocenters. The summed E-state index contributed by atoms with van der Waals surface area (Å²) in [5.74, 6) is -1.23. The Morgan fingerprint density at radius 2 is 1.79 bits per heavy atom. The second-order valence-corrected chi connectivity index (χ2v) is 7.19. The number of nitro groups is 1. The van der Waals surface area contributed by atoms with Crippen LogP contribution in [0, 0.1) is 10.1 Å². The number of carbonyl (C=O) groups is 2. The molecule has 0 fully saturated rings. The van der Waals surface area contributed by atoms with Crippen LogP contribution in [-0.4, -0.2) is 32.6 Å². The quantitative estimate of drug-likeness (QED) is 0.590. The Morgan fingerprint density at radius 1 is 1.14 bits per heavy atom. The molecule has 0 radical (unpaired) electrons. The van der Waals surface area contributed by atoms with E-state index in [-0.39, 0.29) is 12.2 Å². The van der Waals surface area contributed by atoms with Gasteiger partial charge in [-0.3, -0.25) is 15.0 Å². The molecule has 0 aliphatic rings. The van der Waals surface area contributed by atoms with E-state index in [4.69, 9.17) is 4.74 Å². The van der Waals surface area contributed by atoms with Crippen molar-refractivity contribution in [1.29, 1.82) is 0 Å². The highest BCUT2D eigenvalue weighted by molar-refractivity contribution is 5.81. The summed E-state index contributed by atoms with van der Waals surface area (Å²) < 4.78 is 5.39. The fraction of sp³-hybridized carbons (Fsp3) is 0.300. The van der Waals surface area contributed by atoms with Gasteiger partial charge < -0.3 is 9.84 Å². The average Bonchev–Trinajstić information content (AvgIpc) is 2.60. The maximum atomic E-state index is 12.8. The lowest BCUT2D eigenvalue weighted by Crippen LogP contribution is -2.41. The number of benzene rings is 2. The summed E-state index contributed by atoms with van der Waals surface area (Å²) in [6.07, 6.45) is -0.824. The van der Waals surface area contributed by atoms with E-state index in [2.05, 4.69) is 0 Å². The van der Waals surface area contributed by atoms with E-state index in [9.17, 15) is 24.8 Å². The molecular formula is C20H22N2O6. The van der Waals surface area contributed by atoms with E-state index in [1.165, 1.54) is 18.2 Å². The van der Waals surface area contributed by atoms with Gasteiger partial charge in [-0.15, -0.1) is 0 Å². The van der Waals surface area contributed by atoms with Crippen molar-refractivity contribution in [2.75, 3.05) is 0 Å². The molecular weight excluding hydrogens is 364 g/mol. The molecule has 0 aliphatic heterocycles. The van der Waals surface area contributed by atoms with Gasteiger partial charge in [0.05, 0.1) is 11.5 Å². The molecule has 28 heavy (non-hydrogen) atoms. The van der Waals surface area contributed by atoms with Gasteiger partial charge in [0, 0.05) is 12.1 Å². The van der Waals surface area contributed by atoms with Crippen LogP contribution in [0.15, 0.2) is 54.6 Å². The largest absolute Gasteiger partial charge is 0.479 e. The van der Waals surface area contributed by atoms with Gasteiger partial charge >= 0.3 is 12.1 Å². The molecule has 148 valence electrons. The van der Waals surface area contributed by atoms with E-state index in [0.29, 0.717) is 11.1 Å². The highest BCUT2D eigenvalue weighted by Gasteiger charge is 2.34. The van der Waals surface area contributed by atoms with Gasteiger partial charge in [-0.05, 0) is 31.9 Å². The number of carboxylic acid groups (broad SMARTS) is 1. The molecule has 0 saturated carbocycles. The summed E-state index contributed by atoms with van der Waals surface area (Å²) >= 11 is 0. The fourth-order valence-corrected chi connectivity index (χ4v) is 2.64. The SMILES string of the molecule is CC(C)(C)OC(=O)N(Cc1cccc([N+](=O)[O-])c1)C(C(=O)O)c1ccccc1. The number of nitro benzene ring substituents is 1. The van der Waals surface area contributed by atoms with Crippen molar-refractivity contribution in [3.8, 4) is 0 Å². The minimum atomic E-state index is -1.31. The summed E-state index contributed by atoms with van der Waals surface area (Å²) in [6, 6.07) is 12.7. The Kier molecular flexibility index (Phi) is 6.35. The van der Waals surface area contributed by atoms with Crippen LogP contribution in [0.25, 0.3) is 0 Å². The van der Waals surface area contributed by atoms with Crippen LogP contribution >= 0.6 is 0 Å². The standard InChI is InChI=1S/C20H22N2O6/c1-20(2,3)28-19(25)21(13-14-8-7-11-16(12-14)22(26)27)17(18(23)24)15-9-5-4-6-10-15/h4-12,17H,13H2,1-3H3,(H,23,24). The summed E-state index contributed by atoms with van der Waals surface area (Å²) in [5, 5.41) is 20.8. The van der Waals surface area contributed by atoms with Crippen LogP contribution in [0.2, 0.25) is 0 Å². The number of hydrogen-bond donors (Lipinski definition) is 1. The van der Waals surface area contributed by atoms with Gasteiger partial charge in [0.25, 0.3) is 5.69 Å². The van der Waals surface area contributed by atoms with Crippen LogP contribution in [-0.2, 0) is 16.1 Å². The third kappa shape index (κ3) is 5.54. The third-order valence-corrected chi connectivity index (χ3v) is 3.76. The topological polar surface area (TPSA) is 110 Å². The first-order chi connectivity index (χ1) is 13.1. The summed E-state index contributed by atoms with van der Waals surface area (Å²) in [7, 11) is 0. The lowest BCUT2D eigenvalue weighted by atomic mass is 10.0. The number of aliphatic carboxylic acids is 1. The number of non-ortho nitro benzene ring substituents is 1. The van der Waals surface area contributed by atoms with Crippen molar-refractivity contribution in [1.82, 2.24) is 4.90 Å². The first kappa shape index (κ1) is 20.9. The first-order valence-electron chi connectivity index (χ1n) is 8.59. The Labute approximate surface area is 162 Å². The minimum Gasteiger partial charge on any atom is -0.479 e. The number of carbonyl (C=O) groups excluding carboxylic acids is 1. The van der Waals surface area contributed by atoms with Crippen molar-refractivity contribution in [3.05, 3.63) is 75.8 Å². The number of amides is 1. The van der Waals surface area contributed by atoms with E-state index in [1.54, 1.807) is 57.2 Å². The van der Waals surface area contributed by atoms with Crippen LogP contribution < -0.4 is 0 Å². The number of nitrogens with zero attached hydrogens (tertiary/aromatic N) is 2. The predicted molar refractivity (Wildman–Crippen MR) is 102 cm³/mol. The molecule has 1 N–H and O–H groups in total. The van der Waals surface area contributed by atoms with Crippen molar-refractivity contribution >= 4 is 17.7 Å². The fourth-order valence-electron chi connectivity index (χ4n) is 2.64. The zero-order valence-corrected chi connectivity index (χ0v) is 15.9. The molecule has 0 aliphatic carbocycles.